The van der Waals surface area contributed by atoms with Gasteiger partial charge in [-0.3, -0.25) is 0 Å². The van der Waals surface area contributed by atoms with E-state index in [2.05, 4.69) is 5.16 Å². The van der Waals surface area contributed by atoms with Gasteiger partial charge in [0, 0.05) is 0 Å². The monoisotopic (exact) mass is 193 g/mol. The van der Waals surface area contributed by atoms with Crippen molar-refractivity contribution in [1.82, 2.24) is 0 Å². The van der Waals surface area contributed by atoms with Crippen LogP contribution in [0.1, 0.15) is 0 Å². The van der Waals surface area contributed by atoms with Crippen LogP contribution in [-0.2, 0) is 0 Å². The second-order valence-corrected chi connectivity index (χ2v) is 2.89. The fourth-order valence-electron chi connectivity index (χ4n) is 1.22. The van der Waals surface area contributed by atoms with Crippen LogP contribution in [0.15, 0.2) is 5.16 Å². The first-order valence-electron chi connectivity index (χ1n) is 3.63. The third kappa shape index (κ3) is 1.52. The van der Waals surface area contributed by atoms with E-state index < -0.39 is 36.2 Å². The molecule has 1 saturated carbocycles. The van der Waals surface area contributed by atoms with E-state index in [1.165, 1.54) is 0 Å². The van der Waals surface area contributed by atoms with Crippen LogP contribution >= 0.6 is 0 Å². The molecule has 1 aliphatic rings. The van der Waals surface area contributed by atoms with Crippen LogP contribution in [0, 0.1) is 0 Å². The summed E-state index contributed by atoms with van der Waals surface area (Å²) in [4.78, 5) is 0. The first kappa shape index (κ1) is 10.4. The molecule has 4 unspecified atom stereocenters. The van der Waals surface area contributed by atoms with E-state index in [9.17, 15) is 0 Å². The highest BCUT2D eigenvalue weighted by atomic mass is 16.4. The maximum absolute atomic E-state index is 9.12. The average Bonchev–Trinajstić information content (AvgIpc) is 2.13. The lowest BCUT2D eigenvalue weighted by Crippen LogP contribution is -2.61. The Balaban J connectivity index is 2.92. The Kier molecular flexibility index (Phi) is 2.84. The van der Waals surface area contributed by atoms with Gasteiger partial charge in [-0.2, -0.15) is 0 Å². The molecule has 1 aliphatic carbocycles. The van der Waals surface area contributed by atoms with Crippen LogP contribution in [-0.4, -0.2) is 67.0 Å². The van der Waals surface area contributed by atoms with Gasteiger partial charge in [0.05, 0.1) is 0 Å². The molecule has 0 radical (unpaired) electrons. The van der Waals surface area contributed by atoms with Gasteiger partial charge in [-0.1, -0.05) is 5.16 Å². The molecule has 0 aromatic heterocycles. The molecule has 0 spiro atoms. The van der Waals surface area contributed by atoms with Crippen molar-refractivity contribution in [3.63, 3.8) is 0 Å². The molecule has 0 aliphatic heterocycles. The SMILES string of the molecule is ON=C1C(O)C(O)C(O)C(O)C1O. The number of rotatable bonds is 0. The van der Waals surface area contributed by atoms with Gasteiger partial charge in [0.2, 0.25) is 0 Å². The van der Waals surface area contributed by atoms with Crippen molar-refractivity contribution >= 4 is 5.71 Å². The zero-order chi connectivity index (χ0) is 10.2. The number of hydrogen-bond donors (Lipinski definition) is 6. The topological polar surface area (TPSA) is 134 Å². The Bertz CT molecular complexity index is 201. The van der Waals surface area contributed by atoms with E-state index in [0.29, 0.717) is 0 Å². The molecular weight excluding hydrogens is 182 g/mol. The Labute approximate surface area is 73.2 Å². The van der Waals surface area contributed by atoms with Crippen molar-refractivity contribution in [3.05, 3.63) is 0 Å². The molecule has 0 bridgehead atoms. The van der Waals surface area contributed by atoms with Gasteiger partial charge < -0.3 is 30.7 Å². The van der Waals surface area contributed by atoms with Crippen LogP contribution < -0.4 is 0 Å². The summed E-state index contributed by atoms with van der Waals surface area (Å²) >= 11 is 0. The smallest absolute Gasteiger partial charge is 0.127 e. The molecule has 1 fully saturated rings. The summed E-state index contributed by atoms with van der Waals surface area (Å²) in [6.45, 7) is 0. The van der Waals surface area contributed by atoms with Crippen LogP contribution in [0.25, 0.3) is 0 Å². The fourth-order valence-corrected chi connectivity index (χ4v) is 1.22. The van der Waals surface area contributed by atoms with Crippen molar-refractivity contribution in [1.29, 1.82) is 0 Å². The van der Waals surface area contributed by atoms with Crippen molar-refractivity contribution < 1.29 is 30.7 Å². The summed E-state index contributed by atoms with van der Waals surface area (Å²) < 4.78 is 0. The minimum atomic E-state index is -1.68. The molecule has 6 N–H and O–H groups in total. The maximum Gasteiger partial charge on any atom is 0.127 e. The number of aliphatic hydroxyl groups is 5. The maximum atomic E-state index is 9.12. The summed E-state index contributed by atoms with van der Waals surface area (Å²) in [6, 6.07) is 0. The third-order valence-corrected chi connectivity index (χ3v) is 2.07. The van der Waals surface area contributed by atoms with E-state index in [4.69, 9.17) is 30.7 Å². The van der Waals surface area contributed by atoms with Gasteiger partial charge in [-0.05, 0) is 0 Å². The molecule has 7 nitrogen and oxygen atoms in total. The molecular formula is C6H11NO6. The van der Waals surface area contributed by atoms with Crippen molar-refractivity contribution in [2.45, 2.75) is 30.5 Å². The van der Waals surface area contributed by atoms with Crippen LogP contribution in [0.3, 0.4) is 0 Å². The number of hydrogen-bond acceptors (Lipinski definition) is 7. The fraction of sp³-hybridized carbons (Fsp3) is 0.833. The minimum Gasteiger partial charge on any atom is -0.411 e. The van der Waals surface area contributed by atoms with Crippen LogP contribution in [0.2, 0.25) is 0 Å². The van der Waals surface area contributed by atoms with Gasteiger partial charge in [-0.15, -0.1) is 0 Å². The number of nitrogens with zero attached hydrogens (tertiary/aromatic N) is 1. The molecule has 13 heavy (non-hydrogen) atoms. The quantitative estimate of drug-likeness (QED) is 0.176. The highest BCUT2D eigenvalue weighted by molar-refractivity contribution is 5.94. The standard InChI is InChI=1S/C6H11NO6/c8-2-1(7-13)3(9)5(11)6(12)4(2)10/h2-6,8-13H. The van der Waals surface area contributed by atoms with Crippen molar-refractivity contribution in [2.75, 3.05) is 0 Å². The van der Waals surface area contributed by atoms with Crippen molar-refractivity contribution in [2.24, 2.45) is 5.16 Å². The van der Waals surface area contributed by atoms with Gasteiger partial charge >= 0.3 is 0 Å². The lowest BCUT2D eigenvalue weighted by molar-refractivity contribution is -0.131. The first-order chi connectivity index (χ1) is 6.00. The Hall–Kier alpha value is -0.730. The molecule has 76 valence electrons. The zero-order valence-electron chi connectivity index (χ0n) is 6.52. The molecule has 4 atom stereocenters. The minimum absolute atomic E-state index is 0.565. The zero-order valence-corrected chi connectivity index (χ0v) is 6.52. The highest BCUT2D eigenvalue weighted by Gasteiger charge is 2.46. The van der Waals surface area contributed by atoms with Gasteiger partial charge in [0.1, 0.15) is 36.2 Å². The van der Waals surface area contributed by atoms with E-state index in [0.717, 1.165) is 0 Å². The third-order valence-electron chi connectivity index (χ3n) is 2.07. The lowest BCUT2D eigenvalue weighted by atomic mass is 9.86. The second kappa shape index (κ2) is 3.56. The predicted octanol–water partition coefficient (Wildman–Crippen LogP) is -3.37. The van der Waals surface area contributed by atoms with Gasteiger partial charge in [-0.25, -0.2) is 0 Å². The van der Waals surface area contributed by atoms with Gasteiger partial charge in [0.25, 0.3) is 0 Å². The lowest BCUT2D eigenvalue weighted by Gasteiger charge is -2.35. The summed E-state index contributed by atoms with van der Waals surface area (Å²) in [5.41, 5.74) is -0.565. The summed E-state index contributed by atoms with van der Waals surface area (Å²) in [7, 11) is 0. The second-order valence-electron chi connectivity index (χ2n) is 2.89. The van der Waals surface area contributed by atoms with Crippen LogP contribution in [0.5, 0.6) is 0 Å². The number of aliphatic hydroxyl groups excluding tert-OH is 5. The molecule has 0 amide bonds. The normalized spacial score (nSPS) is 46.2. The van der Waals surface area contributed by atoms with Crippen LogP contribution in [0.4, 0.5) is 0 Å². The largest absolute Gasteiger partial charge is 0.411 e. The van der Waals surface area contributed by atoms with E-state index in [-0.39, 0.29) is 0 Å². The first-order valence-corrected chi connectivity index (χ1v) is 3.63. The van der Waals surface area contributed by atoms with Gasteiger partial charge in [0.15, 0.2) is 0 Å². The van der Waals surface area contributed by atoms with E-state index in [1.54, 1.807) is 0 Å². The van der Waals surface area contributed by atoms with Crippen molar-refractivity contribution in [3.8, 4) is 0 Å². The predicted molar refractivity (Wildman–Crippen MR) is 39.3 cm³/mol. The molecule has 0 aromatic carbocycles. The molecule has 1 rings (SSSR count). The molecule has 7 heteroatoms. The Morgan fingerprint density at radius 2 is 1.15 bits per heavy atom. The average molecular weight is 193 g/mol. The molecule has 0 saturated heterocycles. The summed E-state index contributed by atoms with van der Waals surface area (Å²) in [6.07, 6.45) is -8.39. The Morgan fingerprint density at radius 3 is 1.46 bits per heavy atom. The summed E-state index contributed by atoms with van der Waals surface area (Å²) in [5.74, 6) is 0. The highest BCUT2D eigenvalue weighted by Crippen LogP contribution is 2.18. The Morgan fingerprint density at radius 1 is 0.769 bits per heavy atom. The number of oxime groups is 1. The van der Waals surface area contributed by atoms with E-state index in [1.807, 2.05) is 0 Å². The van der Waals surface area contributed by atoms with E-state index >= 15 is 0 Å². The molecule has 0 aromatic rings. The molecule has 0 heterocycles. The summed E-state index contributed by atoms with van der Waals surface area (Å²) in [5, 5.41) is 56.3.